The summed E-state index contributed by atoms with van der Waals surface area (Å²) in [6, 6.07) is 11.6. The van der Waals surface area contributed by atoms with Crippen molar-refractivity contribution >= 4 is 32.1 Å². The molecule has 7 nitrogen and oxygen atoms in total. The van der Waals surface area contributed by atoms with E-state index in [0.717, 1.165) is 31.3 Å². The van der Waals surface area contributed by atoms with Gasteiger partial charge in [-0.25, -0.2) is 8.42 Å². The van der Waals surface area contributed by atoms with E-state index in [9.17, 15) is 21.6 Å². The van der Waals surface area contributed by atoms with E-state index in [-0.39, 0.29) is 23.2 Å². The van der Waals surface area contributed by atoms with Gasteiger partial charge in [0, 0.05) is 29.4 Å². The zero-order valence-electron chi connectivity index (χ0n) is 22.8. The third-order valence-corrected chi connectivity index (χ3v) is 7.36. The SMILES string of the molecule is CCC(CCN(C)C)Nc1cccc2c1cc(C#CCNc1ccc(S(C)(=O)=O)cc1OC)n2CC(F)(F)F. The van der Waals surface area contributed by atoms with Crippen molar-refractivity contribution in [2.24, 2.45) is 0 Å². The minimum absolute atomic E-state index is 0.107. The van der Waals surface area contributed by atoms with Crippen LogP contribution in [0.25, 0.3) is 10.9 Å². The first kappa shape index (κ1) is 30.2. The van der Waals surface area contributed by atoms with E-state index in [1.165, 1.54) is 23.8 Å². The first-order chi connectivity index (χ1) is 18.3. The van der Waals surface area contributed by atoms with Crippen molar-refractivity contribution in [3.05, 3.63) is 48.2 Å². The fraction of sp³-hybridized carbons (Fsp3) is 0.429. The molecule has 0 aliphatic rings. The Kier molecular flexibility index (Phi) is 9.80. The van der Waals surface area contributed by atoms with Crippen molar-refractivity contribution in [3.8, 4) is 17.6 Å². The van der Waals surface area contributed by atoms with Gasteiger partial charge in [-0.05, 0) is 69.7 Å². The zero-order chi connectivity index (χ0) is 28.8. The van der Waals surface area contributed by atoms with Crippen LogP contribution in [0.1, 0.15) is 25.5 Å². The maximum absolute atomic E-state index is 13.5. The van der Waals surface area contributed by atoms with E-state index in [1.54, 1.807) is 24.3 Å². The number of hydrogen-bond donors (Lipinski definition) is 2. The Labute approximate surface area is 228 Å². The van der Waals surface area contributed by atoms with Crippen LogP contribution in [0.5, 0.6) is 5.75 Å². The van der Waals surface area contributed by atoms with Gasteiger partial charge in [-0.15, -0.1) is 0 Å². The molecule has 0 aliphatic heterocycles. The van der Waals surface area contributed by atoms with Crippen LogP contribution < -0.4 is 15.4 Å². The predicted molar refractivity (Wildman–Crippen MR) is 150 cm³/mol. The summed E-state index contributed by atoms with van der Waals surface area (Å²) >= 11 is 0. The topological polar surface area (TPSA) is 75.6 Å². The molecule has 0 saturated carbocycles. The molecule has 3 rings (SSSR count). The number of ether oxygens (including phenoxy) is 1. The Morgan fingerprint density at radius 2 is 1.87 bits per heavy atom. The number of alkyl halides is 3. The van der Waals surface area contributed by atoms with Crippen molar-refractivity contribution < 1.29 is 26.3 Å². The van der Waals surface area contributed by atoms with Crippen molar-refractivity contribution in [2.75, 3.05) is 51.2 Å². The highest BCUT2D eigenvalue weighted by Gasteiger charge is 2.30. The second-order valence-electron chi connectivity index (χ2n) is 9.60. The Balaban J connectivity index is 1.90. The summed E-state index contributed by atoms with van der Waals surface area (Å²) in [6.07, 6.45) is -1.54. The molecule has 0 radical (unpaired) electrons. The van der Waals surface area contributed by atoms with Crippen LogP contribution in [0.2, 0.25) is 0 Å². The molecular weight excluding hydrogens is 529 g/mol. The number of halogens is 3. The van der Waals surface area contributed by atoms with E-state index >= 15 is 0 Å². The van der Waals surface area contributed by atoms with Gasteiger partial charge < -0.3 is 24.8 Å². The normalized spacial score (nSPS) is 12.7. The molecule has 11 heteroatoms. The number of rotatable bonds is 11. The van der Waals surface area contributed by atoms with Crippen LogP contribution in [-0.2, 0) is 16.4 Å². The first-order valence-electron chi connectivity index (χ1n) is 12.5. The van der Waals surface area contributed by atoms with E-state index in [4.69, 9.17) is 4.74 Å². The average Bonchev–Trinajstić information content (AvgIpc) is 3.20. The summed E-state index contributed by atoms with van der Waals surface area (Å²) in [5.74, 6) is 6.09. The molecule has 0 saturated heterocycles. The molecule has 1 atom stereocenters. The van der Waals surface area contributed by atoms with Gasteiger partial charge in [0.05, 0.1) is 35.4 Å². The number of fused-ring (bicyclic) bond motifs is 1. The summed E-state index contributed by atoms with van der Waals surface area (Å²) in [7, 11) is 2.03. The number of hydrogen-bond acceptors (Lipinski definition) is 6. The highest BCUT2D eigenvalue weighted by atomic mass is 32.2. The minimum Gasteiger partial charge on any atom is -0.495 e. The maximum Gasteiger partial charge on any atom is 0.406 e. The molecule has 212 valence electrons. The average molecular weight is 565 g/mol. The molecule has 3 aromatic rings. The Morgan fingerprint density at radius 3 is 2.49 bits per heavy atom. The van der Waals surface area contributed by atoms with Crippen LogP contribution in [0.15, 0.2) is 47.4 Å². The van der Waals surface area contributed by atoms with E-state index < -0.39 is 22.6 Å². The molecule has 2 N–H and O–H groups in total. The van der Waals surface area contributed by atoms with Crippen molar-refractivity contribution in [1.82, 2.24) is 9.47 Å². The van der Waals surface area contributed by atoms with Crippen molar-refractivity contribution in [2.45, 2.75) is 43.4 Å². The molecule has 39 heavy (non-hydrogen) atoms. The Hall–Kier alpha value is -3.36. The third kappa shape index (κ3) is 8.31. The monoisotopic (exact) mass is 564 g/mol. The van der Waals surface area contributed by atoms with E-state index in [2.05, 4.69) is 34.3 Å². The van der Waals surface area contributed by atoms with Gasteiger partial charge >= 0.3 is 6.18 Å². The lowest BCUT2D eigenvalue weighted by Crippen LogP contribution is -2.25. The minimum atomic E-state index is -4.42. The lowest BCUT2D eigenvalue weighted by molar-refractivity contribution is -0.140. The summed E-state index contributed by atoms with van der Waals surface area (Å²) in [5.41, 5.74) is 2.00. The number of sulfone groups is 1. The van der Waals surface area contributed by atoms with Gasteiger partial charge in [0.1, 0.15) is 12.3 Å². The van der Waals surface area contributed by atoms with Crippen LogP contribution in [-0.4, -0.2) is 70.7 Å². The number of methoxy groups -OCH3 is 1. The van der Waals surface area contributed by atoms with Gasteiger partial charge in [0.15, 0.2) is 9.84 Å². The summed E-state index contributed by atoms with van der Waals surface area (Å²) < 4.78 is 70.6. The third-order valence-electron chi connectivity index (χ3n) is 6.25. The molecule has 1 heterocycles. The van der Waals surface area contributed by atoms with Gasteiger partial charge in [-0.2, -0.15) is 13.2 Å². The number of aromatic nitrogens is 1. The number of benzene rings is 2. The molecule has 0 aliphatic carbocycles. The lowest BCUT2D eigenvalue weighted by atomic mass is 10.1. The zero-order valence-corrected chi connectivity index (χ0v) is 23.6. The molecular formula is C28H35F3N4O3S. The Bertz CT molecular complexity index is 1450. The maximum atomic E-state index is 13.5. The second kappa shape index (κ2) is 12.7. The second-order valence-corrected chi connectivity index (χ2v) is 11.6. The number of anilines is 2. The first-order valence-corrected chi connectivity index (χ1v) is 14.4. The molecule has 0 fully saturated rings. The fourth-order valence-corrected chi connectivity index (χ4v) is 4.83. The molecule has 1 aromatic heterocycles. The molecule has 0 amide bonds. The highest BCUT2D eigenvalue weighted by Crippen LogP contribution is 2.31. The smallest absolute Gasteiger partial charge is 0.406 e. The molecule has 0 spiro atoms. The van der Waals surface area contributed by atoms with Crippen LogP contribution in [0, 0.1) is 11.8 Å². The lowest BCUT2D eigenvalue weighted by Gasteiger charge is -2.21. The fourth-order valence-electron chi connectivity index (χ4n) is 4.20. The van der Waals surface area contributed by atoms with Gasteiger partial charge in [-0.3, -0.25) is 0 Å². The standard InChI is InChI=1S/C28H35F3N4O3S/c1-6-20(14-16-34(2)3)33-24-10-7-11-26-23(24)17-21(35(26)19-28(29,30)31)9-8-15-32-25-13-12-22(39(5,36)37)18-27(25)38-4/h7,10-13,17-18,20,32-33H,6,14-16,19H2,1-5H3. The van der Waals surface area contributed by atoms with Crippen LogP contribution in [0.3, 0.4) is 0 Å². The largest absolute Gasteiger partial charge is 0.495 e. The Morgan fingerprint density at radius 1 is 1.13 bits per heavy atom. The molecule has 0 bridgehead atoms. The predicted octanol–water partition coefficient (Wildman–Crippen LogP) is 5.22. The quantitative estimate of drug-likeness (QED) is 0.311. The summed E-state index contributed by atoms with van der Waals surface area (Å²) in [6.45, 7) is 1.92. The van der Waals surface area contributed by atoms with Crippen LogP contribution in [0.4, 0.5) is 24.5 Å². The van der Waals surface area contributed by atoms with Gasteiger partial charge in [0.2, 0.25) is 0 Å². The highest BCUT2D eigenvalue weighted by molar-refractivity contribution is 7.90. The molecule has 1 unspecified atom stereocenters. The van der Waals surface area contributed by atoms with Crippen molar-refractivity contribution in [3.63, 3.8) is 0 Å². The van der Waals surface area contributed by atoms with Gasteiger partial charge in [0.25, 0.3) is 0 Å². The summed E-state index contributed by atoms with van der Waals surface area (Å²) in [4.78, 5) is 2.21. The summed E-state index contributed by atoms with van der Waals surface area (Å²) in [5, 5.41) is 7.23. The van der Waals surface area contributed by atoms with Crippen LogP contribution >= 0.6 is 0 Å². The van der Waals surface area contributed by atoms with E-state index in [1.807, 2.05) is 20.2 Å². The number of nitrogens with zero attached hydrogens (tertiary/aromatic N) is 2. The van der Waals surface area contributed by atoms with Gasteiger partial charge in [-0.1, -0.05) is 18.9 Å². The molecule has 2 aromatic carbocycles. The van der Waals surface area contributed by atoms with E-state index in [0.29, 0.717) is 22.3 Å². The number of nitrogens with one attached hydrogen (secondary N) is 2. The van der Waals surface area contributed by atoms with Crippen molar-refractivity contribution in [1.29, 1.82) is 0 Å².